The molecule has 2 aromatic carbocycles. The minimum Gasteiger partial charge on any atom is -0.395 e. The summed E-state index contributed by atoms with van der Waals surface area (Å²) in [6.07, 6.45) is -2.07. The van der Waals surface area contributed by atoms with Crippen LogP contribution in [0.5, 0.6) is 0 Å². The molecule has 3 aromatic rings. The lowest BCUT2D eigenvalue weighted by Crippen LogP contribution is -2.58. The van der Waals surface area contributed by atoms with Gasteiger partial charge < -0.3 is 25.2 Å². The highest BCUT2D eigenvalue weighted by Crippen LogP contribution is 2.55. The molecule has 3 heterocycles. The van der Waals surface area contributed by atoms with E-state index in [1.54, 1.807) is 11.3 Å². The molecule has 0 aliphatic carbocycles. The molecule has 1 fully saturated rings. The maximum Gasteiger partial charge on any atom is 0.168 e. The normalized spacial score (nSPS) is 30.2. The molecule has 164 valence electrons. The first-order valence-corrected chi connectivity index (χ1v) is 12.3. The Balaban J connectivity index is 1.55. The lowest BCUT2D eigenvalue weighted by atomic mass is 9.91. The number of hydrogen-bond acceptors (Lipinski definition) is 7. The van der Waals surface area contributed by atoms with Gasteiger partial charge in [-0.25, -0.2) is 0 Å². The Morgan fingerprint density at radius 2 is 1.81 bits per heavy atom. The number of fused-ring (bicyclic) bond motifs is 3. The Morgan fingerprint density at radius 1 is 1.06 bits per heavy atom. The van der Waals surface area contributed by atoms with Crippen LogP contribution in [0.3, 0.4) is 0 Å². The number of aliphatic hydroxyl groups is 4. The molecule has 7 heteroatoms. The molecule has 4 N–H and O–H groups in total. The Morgan fingerprint density at radius 3 is 2.52 bits per heavy atom. The molecule has 1 spiro atoms. The van der Waals surface area contributed by atoms with Gasteiger partial charge in [-0.05, 0) is 58.0 Å². The summed E-state index contributed by atoms with van der Waals surface area (Å²) in [5, 5.41) is 44.0. The van der Waals surface area contributed by atoms with E-state index >= 15 is 0 Å². The Hall–Kier alpha value is -1.45. The summed E-state index contributed by atoms with van der Waals surface area (Å²) in [4.78, 5) is -1.20. The van der Waals surface area contributed by atoms with Crippen LogP contribution in [0.25, 0.3) is 10.1 Å². The maximum atomic E-state index is 10.9. The molecule has 31 heavy (non-hydrogen) atoms. The molecular weight excluding hydrogens is 432 g/mol. The standard InChI is InChI=1S/C24H26O5S2/c1-2-13-3-5-14(6-4-13)7-16-12-30-19-8-15-11-29-24(18(15)9-17(16)19)23(28)22(27)21(26)20(10-25)31-24/h3-6,8-9,12,20-23,25-28H,2,7,10-11H2,1H3/t20-,21-,22+,23-,24?/m1/s1. The quantitative estimate of drug-likeness (QED) is 0.481. The van der Waals surface area contributed by atoms with Crippen molar-refractivity contribution in [2.24, 2.45) is 0 Å². The smallest absolute Gasteiger partial charge is 0.168 e. The molecule has 0 saturated carbocycles. The monoisotopic (exact) mass is 458 g/mol. The van der Waals surface area contributed by atoms with E-state index in [1.165, 1.54) is 28.5 Å². The van der Waals surface area contributed by atoms with Crippen LogP contribution in [0, 0.1) is 0 Å². The summed E-state index contributed by atoms with van der Waals surface area (Å²) < 4.78 is 7.24. The summed E-state index contributed by atoms with van der Waals surface area (Å²) in [5.41, 5.74) is 5.57. The molecule has 2 aliphatic rings. The van der Waals surface area contributed by atoms with Gasteiger partial charge in [0.05, 0.1) is 24.6 Å². The third-order valence-electron chi connectivity index (χ3n) is 6.47. The van der Waals surface area contributed by atoms with Gasteiger partial charge in [-0.3, -0.25) is 0 Å². The number of benzene rings is 2. The van der Waals surface area contributed by atoms with Crippen LogP contribution in [0.4, 0.5) is 0 Å². The fraction of sp³-hybridized carbons (Fsp3) is 0.417. The zero-order valence-electron chi connectivity index (χ0n) is 17.2. The highest BCUT2D eigenvalue weighted by atomic mass is 32.2. The average Bonchev–Trinajstić information content (AvgIpc) is 3.35. The lowest BCUT2D eigenvalue weighted by molar-refractivity contribution is -0.147. The van der Waals surface area contributed by atoms with Gasteiger partial charge in [0.15, 0.2) is 4.93 Å². The number of aliphatic hydroxyl groups excluding tert-OH is 4. The molecule has 0 radical (unpaired) electrons. The molecule has 5 rings (SSSR count). The zero-order chi connectivity index (χ0) is 21.8. The van der Waals surface area contributed by atoms with E-state index in [-0.39, 0.29) is 6.61 Å². The molecule has 1 saturated heterocycles. The van der Waals surface area contributed by atoms with Crippen molar-refractivity contribution in [1.29, 1.82) is 0 Å². The van der Waals surface area contributed by atoms with Crippen LogP contribution in [0.2, 0.25) is 0 Å². The van der Waals surface area contributed by atoms with Crippen molar-refractivity contribution < 1.29 is 25.2 Å². The molecule has 5 nitrogen and oxygen atoms in total. The Bertz CT molecular complexity index is 1090. The Kier molecular flexibility index (Phi) is 5.63. The fourth-order valence-corrected chi connectivity index (χ4v) is 7.16. The minimum atomic E-state index is -1.39. The first-order chi connectivity index (χ1) is 15.0. The SMILES string of the molecule is CCc1ccc(Cc2csc3cc4c(cc23)C2(OC4)S[C@H](CO)[C@@H](O)[C@H](O)[C@H]2O)cc1. The molecule has 1 unspecified atom stereocenters. The van der Waals surface area contributed by atoms with Gasteiger partial charge >= 0.3 is 0 Å². The second-order valence-corrected chi connectivity index (χ2v) is 10.7. The topological polar surface area (TPSA) is 90.2 Å². The van der Waals surface area contributed by atoms with Gasteiger partial charge in [-0.2, -0.15) is 0 Å². The largest absolute Gasteiger partial charge is 0.395 e. The summed E-state index contributed by atoms with van der Waals surface area (Å²) in [6.45, 7) is 2.16. The van der Waals surface area contributed by atoms with E-state index in [1.807, 2.05) is 0 Å². The first-order valence-electron chi connectivity index (χ1n) is 10.5. The van der Waals surface area contributed by atoms with Crippen LogP contribution >= 0.6 is 23.1 Å². The van der Waals surface area contributed by atoms with Crippen molar-refractivity contribution in [3.05, 3.63) is 69.6 Å². The van der Waals surface area contributed by atoms with Crippen molar-refractivity contribution in [1.82, 2.24) is 0 Å². The second kappa shape index (κ2) is 8.15. The van der Waals surface area contributed by atoms with Gasteiger partial charge in [0, 0.05) is 10.3 Å². The van der Waals surface area contributed by atoms with Gasteiger partial charge in [0.25, 0.3) is 0 Å². The van der Waals surface area contributed by atoms with E-state index in [0.717, 1.165) is 34.1 Å². The molecule has 2 aliphatic heterocycles. The third-order valence-corrected chi connectivity index (χ3v) is 9.13. The predicted molar refractivity (Wildman–Crippen MR) is 123 cm³/mol. The average molecular weight is 459 g/mol. The minimum absolute atomic E-state index is 0.310. The second-order valence-electron chi connectivity index (χ2n) is 8.33. The van der Waals surface area contributed by atoms with E-state index in [9.17, 15) is 20.4 Å². The van der Waals surface area contributed by atoms with E-state index < -0.39 is 28.5 Å². The van der Waals surface area contributed by atoms with Crippen molar-refractivity contribution in [3.8, 4) is 0 Å². The molecule has 1 aromatic heterocycles. The van der Waals surface area contributed by atoms with Crippen molar-refractivity contribution >= 4 is 33.2 Å². The van der Waals surface area contributed by atoms with Crippen LogP contribution in [-0.2, 0) is 29.1 Å². The molecular formula is C24H26O5S2. The first kappa shape index (κ1) is 21.4. The van der Waals surface area contributed by atoms with Gasteiger partial charge in [-0.15, -0.1) is 23.1 Å². The van der Waals surface area contributed by atoms with Crippen LogP contribution in [-0.4, -0.2) is 50.6 Å². The predicted octanol–water partition coefficient (Wildman–Crippen LogP) is 2.93. The number of aryl methyl sites for hydroxylation is 1. The fourth-order valence-electron chi connectivity index (χ4n) is 4.61. The molecule has 0 amide bonds. The summed E-state index contributed by atoms with van der Waals surface area (Å²) in [7, 11) is 0. The van der Waals surface area contributed by atoms with Gasteiger partial charge in [0.2, 0.25) is 0 Å². The van der Waals surface area contributed by atoms with E-state index in [0.29, 0.717) is 6.61 Å². The molecule has 5 atom stereocenters. The Labute approximate surface area is 189 Å². The number of thioether (sulfide) groups is 1. The summed E-state index contributed by atoms with van der Waals surface area (Å²) in [6, 6.07) is 12.9. The lowest BCUT2D eigenvalue weighted by Gasteiger charge is -2.45. The highest BCUT2D eigenvalue weighted by Gasteiger charge is 2.57. The van der Waals surface area contributed by atoms with Gasteiger partial charge in [-0.1, -0.05) is 31.2 Å². The summed E-state index contributed by atoms with van der Waals surface area (Å²) in [5.74, 6) is 0. The van der Waals surface area contributed by atoms with Crippen molar-refractivity contribution in [3.63, 3.8) is 0 Å². The maximum absolute atomic E-state index is 10.9. The number of ether oxygens (including phenoxy) is 1. The van der Waals surface area contributed by atoms with Gasteiger partial charge in [0.1, 0.15) is 12.2 Å². The van der Waals surface area contributed by atoms with Crippen molar-refractivity contribution in [2.75, 3.05) is 6.61 Å². The number of hydrogen-bond donors (Lipinski definition) is 4. The number of thiophene rings is 1. The highest BCUT2D eigenvalue weighted by molar-refractivity contribution is 8.00. The van der Waals surface area contributed by atoms with Crippen molar-refractivity contribution in [2.45, 2.75) is 54.9 Å². The molecule has 0 bridgehead atoms. The van der Waals surface area contributed by atoms with E-state index in [2.05, 4.69) is 48.7 Å². The van der Waals surface area contributed by atoms with E-state index in [4.69, 9.17) is 4.74 Å². The number of rotatable bonds is 4. The van der Waals surface area contributed by atoms with Crippen LogP contribution < -0.4 is 0 Å². The third kappa shape index (κ3) is 3.43. The van der Waals surface area contributed by atoms with Crippen LogP contribution in [0.1, 0.15) is 34.7 Å². The summed E-state index contributed by atoms with van der Waals surface area (Å²) >= 11 is 2.89. The van der Waals surface area contributed by atoms with Crippen LogP contribution in [0.15, 0.2) is 41.8 Å². The zero-order valence-corrected chi connectivity index (χ0v) is 18.8.